The molecule has 0 amide bonds. The monoisotopic (exact) mass is 290 g/mol. The molecule has 16 heavy (non-hydrogen) atoms. The Balaban J connectivity index is 2.36. The molecule has 0 N–H and O–H groups in total. The molecular weight excluding hydrogens is 284 g/mol. The molecule has 1 aromatic heterocycles. The molecule has 0 bridgehead atoms. The third kappa shape index (κ3) is 2.57. The number of hydrogen-bond acceptors (Lipinski definition) is 3. The van der Waals surface area contributed by atoms with Crippen LogP contribution in [0.5, 0.6) is 0 Å². The maximum absolute atomic E-state index is 9.05. The highest BCUT2D eigenvalue weighted by Crippen LogP contribution is 2.20. The number of nitrogens with zero attached hydrogens (tertiary/aromatic N) is 2. The van der Waals surface area contributed by atoms with Crippen molar-refractivity contribution in [3.05, 3.63) is 50.9 Å². The number of allylic oxidation sites excluding steroid dienone is 1. The summed E-state index contributed by atoms with van der Waals surface area (Å²) in [7, 11) is 0. The van der Waals surface area contributed by atoms with Crippen molar-refractivity contribution in [3.8, 4) is 6.07 Å². The van der Waals surface area contributed by atoms with E-state index >= 15 is 0 Å². The lowest BCUT2D eigenvalue weighted by Gasteiger charge is -1.95. The number of halogens is 1. The largest absolute Gasteiger partial charge is 0.244 e. The lowest BCUT2D eigenvalue weighted by molar-refractivity contribution is 1.38. The molecule has 0 radical (unpaired) electrons. The molecular formula is C12H7BrN2S. The molecule has 1 aromatic carbocycles. The molecule has 0 saturated carbocycles. The van der Waals surface area contributed by atoms with E-state index in [4.69, 9.17) is 5.26 Å². The number of aromatic nitrogens is 1. The van der Waals surface area contributed by atoms with Gasteiger partial charge < -0.3 is 0 Å². The summed E-state index contributed by atoms with van der Waals surface area (Å²) in [6, 6.07) is 9.97. The van der Waals surface area contributed by atoms with Gasteiger partial charge in [-0.25, -0.2) is 4.98 Å². The van der Waals surface area contributed by atoms with Crippen molar-refractivity contribution in [2.24, 2.45) is 0 Å². The molecule has 0 unspecified atom stereocenters. The van der Waals surface area contributed by atoms with Crippen molar-refractivity contribution < 1.29 is 0 Å². The van der Waals surface area contributed by atoms with Crippen molar-refractivity contribution in [2.45, 2.75) is 0 Å². The Morgan fingerprint density at radius 1 is 1.38 bits per heavy atom. The summed E-state index contributed by atoms with van der Waals surface area (Å²) in [4.78, 5) is 4.12. The molecule has 0 aliphatic heterocycles. The standard InChI is InChI=1S/C12H7BrN2S/c13-11-3-1-9(2-4-11)7-10(8-14)12-15-5-6-16-12/h1-7H/b10-7+. The fourth-order valence-corrected chi connectivity index (χ4v) is 2.09. The highest BCUT2D eigenvalue weighted by atomic mass is 79.9. The summed E-state index contributed by atoms with van der Waals surface area (Å²) in [5.74, 6) is 0. The lowest BCUT2D eigenvalue weighted by atomic mass is 10.1. The van der Waals surface area contributed by atoms with Crippen LogP contribution in [-0.4, -0.2) is 4.98 Å². The predicted octanol–water partition coefficient (Wildman–Crippen LogP) is 3.97. The van der Waals surface area contributed by atoms with E-state index in [1.807, 2.05) is 35.7 Å². The van der Waals surface area contributed by atoms with Gasteiger partial charge in [0.25, 0.3) is 0 Å². The first-order valence-electron chi connectivity index (χ1n) is 4.57. The van der Waals surface area contributed by atoms with Gasteiger partial charge in [0.05, 0.1) is 5.57 Å². The number of benzene rings is 1. The Bertz CT molecular complexity index is 535. The fraction of sp³-hybridized carbons (Fsp3) is 0. The second kappa shape index (κ2) is 5.06. The van der Waals surface area contributed by atoms with E-state index in [9.17, 15) is 0 Å². The topological polar surface area (TPSA) is 36.7 Å². The van der Waals surface area contributed by atoms with Crippen molar-refractivity contribution in [3.63, 3.8) is 0 Å². The second-order valence-corrected chi connectivity index (χ2v) is 4.87. The van der Waals surface area contributed by atoms with Gasteiger partial charge in [-0.1, -0.05) is 28.1 Å². The number of thiazole rings is 1. The molecule has 2 aromatic rings. The van der Waals surface area contributed by atoms with Crippen LogP contribution in [0.2, 0.25) is 0 Å². The van der Waals surface area contributed by atoms with Gasteiger partial charge >= 0.3 is 0 Å². The van der Waals surface area contributed by atoms with Crippen LogP contribution in [0.4, 0.5) is 0 Å². The minimum absolute atomic E-state index is 0.595. The van der Waals surface area contributed by atoms with Crippen molar-refractivity contribution in [1.29, 1.82) is 5.26 Å². The molecule has 0 fully saturated rings. The minimum Gasteiger partial charge on any atom is -0.244 e. The molecule has 0 atom stereocenters. The van der Waals surface area contributed by atoms with Gasteiger partial charge in [0.2, 0.25) is 0 Å². The van der Waals surface area contributed by atoms with Crippen LogP contribution in [0, 0.1) is 11.3 Å². The van der Waals surface area contributed by atoms with Gasteiger partial charge in [0, 0.05) is 16.0 Å². The van der Waals surface area contributed by atoms with Gasteiger partial charge in [-0.3, -0.25) is 0 Å². The van der Waals surface area contributed by atoms with Crippen LogP contribution in [0.3, 0.4) is 0 Å². The number of hydrogen-bond donors (Lipinski definition) is 0. The van der Waals surface area contributed by atoms with Gasteiger partial charge in [-0.2, -0.15) is 5.26 Å². The fourth-order valence-electron chi connectivity index (χ4n) is 1.22. The van der Waals surface area contributed by atoms with Crippen LogP contribution in [0.1, 0.15) is 10.6 Å². The van der Waals surface area contributed by atoms with E-state index in [1.54, 1.807) is 6.20 Å². The summed E-state index contributed by atoms with van der Waals surface area (Å²) < 4.78 is 1.03. The molecule has 2 nitrogen and oxygen atoms in total. The Labute approximate surface area is 106 Å². The van der Waals surface area contributed by atoms with E-state index < -0.39 is 0 Å². The van der Waals surface area contributed by atoms with E-state index in [2.05, 4.69) is 27.0 Å². The van der Waals surface area contributed by atoms with Crippen molar-refractivity contribution in [2.75, 3.05) is 0 Å². The third-order valence-electron chi connectivity index (χ3n) is 1.96. The normalized spacial score (nSPS) is 11.1. The summed E-state index contributed by atoms with van der Waals surface area (Å²) in [6.07, 6.45) is 3.54. The highest BCUT2D eigenvalue weighted by Gasteiger charge is 2.02. The SMILES string of the molecule is N#C/C(=C\c1ccc(Br)cc1)c1nccs1. The first-order valence-corrected chi connectivity index (χ1v) is 6.24. The Morgan fingerprint density at radius 3 is 2.69 bits per heavy atom. The average Bonchev–Trinajstić information content (AvgIpc) is 2.82. The van der Waals surface area contributed by atoms with Gasteiger partial charge in [0.1, 0.15) is 11.1 Å². The minimum atomic E-state index is 0.595. The number of nitriles is 1. The summed E-state index contributed by atoms with van der Waals surface area (Å²) in [5, 5.41) is 11.7. The van der Waals surface area contributed by atoms with E-state index in [0.717, 1.165) is 15.0 Å². The van der Waals surface area contributed by atoms with Gasteiger partial charge in [0.15, 0.2) is 0 Å². The average molecular weight is 291 g/mol. The highest BCUT2D eigenvalue weighted by molar-refractivity contribution is 9.10. The van der Waals surface area contributed by atoms with Crippen LogP contribution < -0.4 is 0 Å². The van der Waals surface area contributed by atoms with Crippen molar-refractivity contribution in [1.82, 2.24) is 4.98 Å². The maximum Gasteiger partial charge on any atom is 0.133 e. The molecule has 0 aliphatic rings. The van der Waals surface area contributed by atoms with Gasteiger partial charge in [-0.15, -0.1) is 11.3 Å². The summed E-state index contributed by atoms with van der Waals surface area (Å²) >= 11 is 4.84. The first kappa shape index (κ1) is 11.1. The molecule has 78 valence electrons. The smallest absolute Gasteiger partial charge is 0.133 e. The zero-order valence-electron chi connectivity index (χ0n) is 8.22. The van der Waals surface area contributed by atoms with Crippen molar-refractivity contribution >= 4 is 38.9 Å². The first-order chi connectivity index (χ1) is 7.79. The Hall–Kier alpha value is -1.44. The van der Waals surface area contributed by atoms with Gasteiger partial charge in [-0.05, 0) is 23.8 Å². The third-order valence-corrected chi connectivity index (χ3v) is 3.30. The van der Waals surface area contributed by atoms with E-state index in [1.165, 1.54) is 11.3 Å². The second-order valence-electron chi connectivity index (χ2n) is 3.06. The summed E-state index contributed by atoms with van der Waals surface area (Å²) in [6.45, 7) is 0. The molecule has 4 heteroatoms. The molecule has 0 aliphatic carbocycles. The summed E-state index contributed by atoms with van der Waals surface area (Å²) in [5.41, 5.74) is 1.59. The lowest BCUT2D eigenvalue weighted by Crippen LogP contribution is -1.79. The van der Waals surface area contributed by atoms with Crippen LogP contribution in [-0.2, 0) is 0 Å². The molecule has 0 saturated heterocycles. The van der Waals surface area contributed by atoms with Crippen LogP contribution >= 0.6 is 27.3 Å². The van der Waals surface area contributed by atoms with E-state index in [-0.39, 0.29) is 0 Å². The Morgan fingerprint density at radius 2 is 2.12 bits per heavy atom. The zero-order chi connectivity index (χ0) is 11.4. The number of rotatable bonds is 2. The van der Waals surface area contributed by atoms with Crippen LogP contribution in [0.25, 0.3) is 11.6 Å². The van der Waals surface area contributed by atoms with E-state index in [0.29, 0.717) is 5.57 Å². The Kier molecular flexibility index (Phi) is 3.50. The zero-order valence-corrected chi connectivity index (χ0v) is 10.6. The predicted molar refractivity (Wildman–Crippen MR) is 69.7 cm³/mol. The molecule has 2 rings (SSSR count). The quantitative estimate of drug-likeness (QED) is 0.785. The molecule has 1 heterocycles. The van der Waals surface area contributed by atoms with Crippen LogP contribution in [0.15, 0.2) is 40.3 Å². The maximum atomic E-state index is 9.05. The molecule has 0 spiro atoms.